The van der Waals surface area contributed by atoms with Crippen molar-refractivity contribution in [2.75, 3.05) is 10.6 Å². The summed E-state index contributed by atoms with van der Waals surface area (Å²) in [4.78, 5) is 16.6. The second-order valence-corrected chi connectivity index (χ2v) is 7.99. The number of nitrogens with zero attached hydrogens (tertiary/aromatic N) is 3. The number of amides is 1. The van der Waals surface area contributed by atoms with E-state index in [1.54, 1.807) is 16.8 Å². The van der Waals surface area contributed by atoms with E-state index in [1.165, 1.54) is 12.1 Å². The fourth-order valence-electron chi connectivity index (χ4n) is 3.29. The molecule has 1 atom stereocenters. The van der Waals surface area contributed by atoms with Gasteiger partial charge >= 0.3 is 0 Å². The Morgan fingerprint density at radius 2 is 1.90 bits per heavy atom. The summed E-state index contributed by atoms with van der Waals surface area (Å²) in [7, 11) is 0. The summed E-state index contributed by atoms with van der Waals surface area (Å²) in [5.74, 6) is 0.482. The molecule has 1 aliphatic rings. The molecule has 6 nitrogen and oxygen atoms in total. The third-order valence-corrected chi connectivity index (χ3v) is 4.93. The highest BCUT2D eigenvalue weighted by molar-refractivity contribution is 6.30. The topological polar surface area (TPSA) is 71.8 Å². The maximum Gasteiger partial charge on any atom is 0.250 e. The van der Waals surface area contributed by atoms with Crippen LogP contribution in [0.4, 0.5) is 16.3 Å². The van der Waals surface area contributed by atoms with Crippen LogP contribution in [-0.2, 0) is 4.79 Å². The Morgan fingerprint density at radius 3 is 2.57 bits per heavy atom. The third kappa shape index (κ3) is 4.36. The van der Waals surface area contributed by atoms with Crippen LogP contribution in [-0.4, -0.2) is 20.7 Å². The maximum absolute atomic E-state index is 13.5. The van der Waals surface area contributed by atoms with Gasteiger partial charge in [-0.2, -0.15) is 4.98 Å². The van der Waals surface area contributed by atoms with Crippen LogP contribution < -0.4 is 10.6 Å². The van der Waals surface area contributed by atoms with Crippen molar-refractivity contribution in [2.24, 2.45) is 5.92 Å². The van der Waals surface area contributed by atoms with Crippen molar-refractivity contribution >= 4 is 35.1 Å². The molecule has 0 radical (unpaired) electrons. The summed E-state index contributed by atoms with van der Waals surface area (Å²) in [6, 6.07) is 13.3. The number of halogens is 2. The highest BCUT2D eigenvalue weighted by Crippen LogP contribution is 2.33. The maximum atomic E-state index is 13.5. The molecule has 0 saturated carbocycles. The molecule has 0 spiro atoms. The quantitative estimate of drug-likeness (QED) is 0.595. The van der Waals surface area contributed by atoms with Crippen molar-refractivity contribution < 1.29 is 9.18 Å². The van der Waals surface area contributed by atoms with Gasteiger partial charge in [-0.05, 0) is 47.4 Å². The van der Waals surface area contributed by atoms with Gasteiger partial charge in [0, 0.05) is 17.1 Å². The summed E-state index contributed by atoms with van der Waals surface area (Å²) in [5.41, 5.74) is 2.59. The lowest BCUT2D eigenvalue weighted by Gasteiger charge is -2.24. The Balaban J connectivity index is 1.71. The summed E-state index contributed by atoms with van der Waals surface area (Å²) >= 11 is 6.02. The van der Waals surface area contributed by atoms with Gasteiger partial charge in [0.15, 0.2) is 0 Å². The molecule has 1 amide bonds. The molecule has 30 heavy (non-hydrogen) atoms. The number of nitrogens with one attached hydrogen (secondary N) is 2. The van der Waals surface area contributed by atoms with E-state index in [-0.39, 0.29) is 29.6 Å². The molecule has 0 fully saturated rings. The third-order valence-electron chi connectivity index (χ3n) is 4.68. The number of fused-ring (bicyclic) bond motifs is 1. The zero-order valence-corrected chi connectivity index (χ0v) is 17.3. The predicted octanol–water partition coefficient (Wildman–Crippen LogP) is 5.11. The second-order valence-electron chi connectivity index (χ2n) is 7.56. The van der Waals surface area contributed by atoms with E-state index in [4.69, 9.17) is 11.6 Å². The van der Waals surface area contributed by atoms with Gasteiger partial charge in [0.1, 0.15) is 11.9 Å². The van der Waals surface area contributed by atoms with E-state index >= 15 is 0 Å². The number of hydrogen-bond acceptors (Lipinski definition) is 4. The number of anilines is 2. The van der Waals surface area contributed by atoms with Crippen LogP contribution in [0.5, 0.6) is 0 Å². The van der Waals surface area contributed by atoms with Crippen LogP contribution in [0.3, 0.4) is 0 Å². The van der Waals surface area contributed by atoms with E-state index < -0.39 is 0 Å². The van der Waals surface area contributed by atoms with Gasteiger partial charge in [-0.1, -0.05) is 49.7 Å². The van der Waals surface area contributed by atoms with Crippen LogP contribution in [0.15, 0.2) is 54.6 Å². The van der Waals surface area contributed by atoms with Gasteiger partial charge < -0.3 is 5.32 Å². The molecule has 4 rings (SSSR count). The number of aromatic nitrogens is 3. The zero-order valence-electron chi connectivity index (χ0n) is 16.6. The SMILES string of the molecule is CC(C)CC(=O)Nc1nc2n(n1)[C@H](c1ccc(F)cc1)C=C(c1ccc(Cl)cc1)N2. The molecule has 1 aromatic heterocycles. The lowest BCUT2D eigenvalue weighted by molar-refractivity contribution is -0.116. The standard InChI is InChI=1S/C22H21ClFN5O/c1-13(2)11-20(30)26-21-27-22-25-18(14-3-7-16(23)8-4-14)12-19(29(22)28-21)15-5-9-17(24)10-6-15/h3-10,12-13,19H,11H2,1-2H3,(H2,25,26,27,28,30)/t19-/m0/s1. The average molecular weight is 426 g/mol. The van der Waals surface area contributed by atoms with Gasteiger partial charge in [-0.15, -0.1) is 5.10 Å². The molecule has 154 valence electrons. The average Bonchev–Trinajstić information content (AvgIpc) is 3.10. The van der Waals surface area contributed by atoms with E-state index in [0.29, 0.717) is 17.4 Å². The first-order valence-corrected chi connectivity index (χ1v) is 10.0. The fraction of sp³-hybridized carbons (Fsp3) is 0.227. The lowest BCUT2D eigenvalue weighted by Crippen LogP contribution is -2.20. The van der Waals surface area contributed by atoms with Gasteiger partial charge in [0.05, 0.1) is 0 Å². The van der Waals surface area contributed by atoms with Crippen molar-refractivity contribution in [2.45, 2.75) is 26.3 Å². The Morgan fingerprint density at radius 1 is 1.20 bits per heavy atom. The van der Waals surface area contributed by atoms with E-state index in [0.717, 1.165) is 16.8 Å². The van der Waals surface area contributed by atoms with Crippen molar-refractivity contribution in [3.05, 3.63) is 76.6 Å². The summed E-state index contributed by atoms with van der Waals surface area (Å²) in [5, 5.41) is 11.1. The number of hydrogen-bond donors (Lipinski definition) is 2. The fourth-order valence-corrected chi connectivity index (χ4v) is 3.41. The van der Waals surface area contributed by atoms with Crippen molar-refractivity contribution in [3.8, 4) is 0 Å². The molecule has 0 bridgehead atoms. The van der Waals surface area contributed by atoms with E-state index in [2.05, 4.69) is 20.7 Å². The zero-order chi connectivity index (χ0) is 21.3. The molecule has 0 saturated heterocycles. The second kappa shape index (κ2) is 8.28. The molecule has 0 aliphatic carbocycles. The molecular formula is C22H21ClFN5O. The van der Waals surface area contributed by atoms with Crippen LogP contribution >= 0.6 is 11.6 Å². The molecule has 2 aromatic carbocycles. The van der Waals surface area contributed by atoms with Gasteiger partial charge in [-0.25, -0.2) is 9.07 Å². The number of allylic oxidation sites excluding steroid dienone is 1. The van der Waals surface area contributed by atoms with Crippen LogP contribution in [0.1, 0.15) is 37.4 Å². The minimum absolute atomic E-state index is 0.142. The van der Waals surface area contributed by atoms with Crippen LogP contribution in [0.2, 0.25) is 5.02 Å². The molecule has 8 heteroatoms. The summed E-state index contributed by atoms with van der Waals surface area (Å²) in [6.07, 6.45) is 2.37. The Bertz CT molecular complexity index is 1090. The van der Waals surface area contributed by atoms with Crippen molar-refractivity contribution in [1.82, 2.24) is 14.8 Å². The Hall–Kier alpha value is -3.19. The summed E-state index contributed by atoms with van der Waals surface area (Å²) in [6.45, 7) is 3.94. The lowest BCUT2D eigenvalue weighted by atomic mass is 10.0. The van der Waals surface area contributed by atoms with Crippen molar-refractivity contribution in [3.63, 3.8) is 0 Å². The van der Waals surface area contributed by atoms with E-state index in [1.807, 2.05) is 44.2 Å². The molecule has 0 unspecified atom stereocenters. The first kappa shape index (κ1) is 20.1. The predicted molar refractivity (Wildman–Crippen MR) is 116 cm³/mol. The number of carbonyl (C=O) groups excluding carboxylic acids is 1. The summed E-state index contributed by atoms with van der Waals surface area (Å²) < 4.78 is 15.1. The Kier molecular flexibility index (Phi) is 5.55. The number of carbonyl (C=O) groups is 1. The van der Waals surface area contributed by atoms with Crippen LogP contribution in [0.25, 0.3) is 5.70 Å². The first-order valence-electron chi connectivity index (χ1n) is 9.65. The van der Waals surface area contributed by atoms with Gasteiger partial charge in [0.25, 0.3) is 5.95 Å². The largest absolute Gasteiger partial charge is 0.324 e. The molecule has 3 aromatic rings. The molecule has 2 N–H and O–H groups in total. The Labute approximate surface area is 178 Å². The van der Waals surface area contributed by atoms with Gasteiger partial charge in [0.2, 0.25) is 11.9 Å². The molecule has 1 aliphatic heterocycles. The smallest absolute Gasteiger partial charge is 0.250 e. The normalized spacial score (nSPS) is 15.4. The minimum Gasteiger partial charge on any atom is -0.324 e. The van der Waals surface area contributed by atoms with Crippen molar-refractivity contribution in [1.29, 1.82) is 0 Å². The van der Waals surface area contributed by atoms with Gasteiger partial charge in [-0.3, -0.25) is 10.1 Å². The number of rotatable bonds is 5. The minimum atomic E-state index is -0.323. The highest BCUT2D eigenvalue weighted by atomic mass is 35.5. The monoisotopic (exact) mass is 425 g/mol. The molecule has 2 heterocycles. The van der Waals surface area contributed by atoms with Crippen LogP contribution in [0, 0.1) is 11.7 Å². The number of benzene rings is 2. The highest BCUT2D eigenvalue weighted by Gasteiger charge is 2.26. The first-order chi connectivity index (χ1) is 14.4. The van der Waals surface area contributed by atoms with E-state index in [9.17, 15) is 9.18 Å². The molecular weight excluding hydrogens is 405 g/mol.